The Bertz CT molecular complexity index is 1190. The number of hydrogen-bond donors (Lipinski definition) is 5. The van der Waals surface area contributed by atoms with E-state index >= 15 is 0 Å². The smallest absolute Gasteiger partial charge is 0.332 e. The van der Waals surface area contributed by atoms with Crippen LogP contribution in [0.15, 0.2) is 33.2 Å². The van der Waals surface area contributed by atoms with Crippen LogP contribution in [0.5, 0.6) is 0 Å². The summed E-state index contributed by atoms with van der Waals surface area (Å²) in [7, 11) is 0. The van der Waals surface area contributed by atoms with E-state index in [1.165, 1.54) is 19.1 Å². The number of halogens is 4. The van der Waals surface area contributed by atoms with E-state index in [0.29, 0.717) is 31.5 Å². The molecule has 37 heavy (non-hydrogen) atoms. The van der Waals surface area contributed by atoms with Crippen molar-refractivity contribution in [2.45, 2.75) is 73.3 Å². The van der Waals surface area contributed by atoms with E-state index in [4.69, 9.17) is 15.9 Å². The molecule has 0 radical (unpaired) electrons. The predicted octanol–water partition coefficient (Wildman–Crippen LogP) is 6.65. The highest BCUT2D eigenvalue weighted by molar-refractivity contribution is 9.10. The second-order valence-corrected chi connectivity index (χ2v) is 10.4. The summed E-state index contributed by atoms with van der Waals surface area (Å²) < 4.78 is 30.1. The molecule has 0 aliphatic rings. The number of benzene rings is 2. The van der Waals surface area contributed by atoms with E-state index in [2.05, 4.69) is 42.2 Å². The number of aromatic nitrogens is 2. The lowest BCUT2D eigenvalue weighted by Crippen LogP contribution is -2.13. The van der Waals surface area contributed by atoms with Gasteiger partial charge in [0, 0.05) is 21.0 Å². The fraction of sp³-hybridized carbons (Fsp3) is 0.440. The molecule has 8 nitrogen and oxygen atoms in total. The first-order chi connectivity index (χ1) is 16.6. The zero-order valence-corrected chi connectivity index (χ0v) is 24.0. The lowest BCUT2D eigenvalue weighted by Gasteiger charge is -2.14. The van der Waals surface area contributed by atoms with Crippen LogP contribution in [-0.4, -0.2) is 43.0 Å². The number of nitrogens with zero attached hydrogens (tertiary/aromatic N) is 2. The molecule has 0 aliphatic heterocycles. The topological polar surface area (TPSA) is 134 Å². The predicted molar refractivity (Wildman–Crippen MR) is 152 cm³/mol. The molecule has 6 N–H and O–H groups in total. The summed E-state index contributed by atoms with van der Waals surface area (Å²) in [6.07, 6.45) is -1.95. The highest BCUT2D eigenvalue weighted by atomic mass is 79.9. The molecule has 208 valence electrons. The maximum absolute atomic E-state index is 13.8. The minimum atomic E-state index is -1.23. The Morgan fingerprint density at radius 1 is 1.00 bits per heavy atom. The van der Waals surface area contributed by atoms with Crippen LogP contribution in [0.1, 0.15) is 66.9 Å². The van der Waals surface area contributed by atoms with Gasteiger partial charge in [-0.15, -0.1) is 0 Å². The first-order valence-electron chi connectivity index (χ1n) is 11.0. The number of aliphatic hydroxyl groups is 2. The van der Waals surface area contributed by atoms with Gasteiger partial charge in [0.25, 0.3) is 0 Å². The zero-order chi connectivity index (χ0) is 27.9. The van der Waals surface area contributed by atoms with Gasteiger partial charge < -0.3 is 30.9 Å². The van der Waals surface area contributed by atoms with E-state index < -0.39 is 24.0 Å². The highest BCUT2D eigenvalue weighted by Gasteiger charge is 2.19. The van der Waals surface area contributed by atoms with Gasteiger partial charge in [-0.3, -0.25) is 0 Å². The largest absolute Gasteiger partial charge is 0.479 e. The standard InChI is InChI=1S/C12H14BrFN2O.C9H12BrFN2.C3H6O3.CH4/c1-6(2)16-10-5-8(13)4-9(14)11(10)15-12(16)7(3)17;1-5(2)13-8-4-6(10)3-7(11)9(8)12;1-2(4)3(5)6;/h4-7,17H,1-3H3;3-5,13H,12H2,1-2H3;2,4H,1H3,(H,5,6);1H4/t7-;;2-;/m1.1./s1. The third kappa shape index (κ3) is 10.2. The van der Waals surface area contributed by atoms with Gasteiger partial charge >= 0.3 is 5.97 Å². The Kier molecular flexibility index (Phi) is 14.3. The highest BCUT2D eigenvalue weighted by Crippen LogP contribution is 2.29. The molecule has 0 spiro atoms. The van der Waals surface area contributed by atoms with Crippen molar-refractivity contribution >= 4 is 60.2 Å². The van der Waals surface area contributed by atoms with Crippen LogP contribution in [0, 0.1) is 11.6 Å². The van der Waals surface area contributed by atoms with E-state index in [1.807, 2.05) is 38.3 Å². The van der Waals surface area contributed by atoms with Crippen molar-refractivity contribution in [3.05, 3.63) is 50.7 Å². The normalized spacial score (nSPS) is 12.2. The number of nitrogens with one attached hydrogen (secondary N) is 1. The fourth-order valence-corrected chi connectivity index (χ4v) is 3.84. The molecule has 2 atom stereocenters. The van der Waals surface area contributed by atoms with Crippen LogP contribution < -0.4 is 11.1 Å². The van der Waals surface area contributed by atoms with Crippen molar-refractivity contribution in [2.75, 3.05) is 11.1 Å². The van der Waals surface area contributed by atoms with Crippen LogP contribution in [0.2, 0.25) is 0 Å². The number of rotatable bonds is 5. The summed E-state index contributed by atoms with van der Waals surface area (Å²) >= 11 is 6.47. The molecule has 12 heteroatoms. The number of imidazole rings is 1. The number of nitrogen functional groups attached to an aromatic ring is 1. The van der Waals surface area contributed by atoms with Crippen LogP contribution in [-0.2, 0) is 4.79 Å². The number of carboxylic acid groups (broad SMARTS) is 1. The van der Waals surface area contributed by atoms with E-state index in [0.717, 1.165) is 0 Å². The van der Waals surface area contributed by atoms with Gasteiger partial charge in [0.05, 0.1) is 16.9 Å². The minimum Gasteiger partial charge on any atom is -0.479 e. The lowest BCUT2D eigenvalue weighted by atomic mass is 10.2. The Morgan fingerprint density at radius 3 is 1.92 bits per heavy atom. The molecule has 1 heterocycles. The Balaban J connectivity index is 0.000000577. The molecule has 0 saturated heterocycles. The third-order valence-corrected chi connectivity index (χ3v) is 5.44. The van der Waals surface area contributed by atoms with E-state index in [-0.39, 0.29) is 31.0 Å². The van der Waals surface area contributed by atoms with Gasteiger partial charge in [0.1, 0.15) is 29.4 Å². The molecule has 3 rings (SSSR count). The second-order valence-electron chi connectivity index (χ2n) is 8.53. The molecule has 0 bridgehead atoms. The number of nitrogens with two attached hydrogens (primary N) is 1. The second kappa shape index (κ2) is 15.2. The van der Waals surface area contributed by atoms with Gasteiger partial charge in [0.2, 0.25) is 0 Å². The number of aliphatic hydroxyl groups excluding tert-OH is 2. The maximum Gasteiger partial charge on any atom is 0.332 e. The van der Waals surface area contributed by atoms with E-state index in [9.17, 15) is 18.7 Å². The Labute approximate surface area is 233 Å². The third-order valence-electron chi connectivity index (χ3n) is 4.53. The van der Waals surface area contributed by atoms with Crippen molar-refractivity contribution in [1.82, 2.24) is 9.55 Å². The number of carbonyl (C=O) groups is 1. The summed E-state index contributed by atoms with van der Waals surface area (Å²) in [6.45, 7) is 10.7. The van der Waals surface area contributed by atoms with Crippen molar-refractivity contribution in [3.8, 4) is 0 Å². The van der Waals surface area contributed by atoms with Crippen molar-refractivity contribution in [1.29, 1.82) is 0 Å². The number of aliphatic carboxylic acids is 1. The summed E-state index contributed by atoms with van der Waals surface area (Å²) in [5, 5.41) is 28.5. The lowest BCUT2D eigenvalue weighted by molar-refractivity contribution is -0.145. The fourth-order valence-electron chi connectivity index (χ4n) is 2.99. The Hall–Kier alpha value is -2.28. The van der Waals surface area contributed by atoms with Gasteiger partial charge in [0.15, 0.2) is 5.82 Å². The Morgan fingerprint density at radius 2 is 1.49 bits per heavy atom. The molecular weight excluding hydrogens is 618 g/mol. The average Bonchev–Trinajstić information content (AvgIpc) is 3.12. The van der Waals surface area contributed by atoms with Gasteiger partial charge in [-0.1, -0.05) is 39.3 Å². The molecular formula is C25H36Br2F2N4O4. The molecule has 0 aliphatic carbocycles. The number of fused-ring (bicyclic) bond motifs is 1. The number of anilines is 2. The number of carboxylic acids is 1. The van der Waals surface area contributed by atoms with Crippen LogP contribution >= 0.6 is 31.9 Å². The molecule has 0 unspecified atom stereocenters. The minimum absolute atomic E-state index is 0. The van der Waals surface area contributed by atoms with E-state index in [1.54, 1.807) is 13.0 Å². The average molecular weight is 654 g/mol. The molecule has 3 aromatic rings. The van der Waals surface area contributed by atoms with Gasteiger partial charge in [-0.25, -0.2) is 18.6 Å². The summed E-state index contributed by atoms with van der Waals surface area (Å²) in [4.78, 5) is 13.6. The number of hydrogen-bond acceptors (Lipinski definition) is 6. The monoisotopic (exact) mass is 652 g/mol. The summed E-state index contributed by atoms with van der Waals surface area (Å²) in [5.74, 6) is -1.48. The zero-order valence-electron chi connectivity index (χ0n) is 20.9. The van der Waals surface area contributed by atoms with Crippen LogP contribution in [0.25, 0.3) is 11.0 Å². The molecule has 0 saturated carbocycles. The van der Waals surface area contributed by atoms with Crippen molar-refractivity contribution in [2.24, 2.45) is 0 Å². The van der Waals surface area contributed by atoms with Crippen molar-refractivity contribution < 1.29 is 28.9 Å². The first-order valence-corrected chi connectivity index (χ1v) is 12.6. The molecule has 0 fully saturated rings. The molecule has 2 aromatic carbocycles. The quantitative estimate of drug-likeness (QED) is 0.195. The van der Waals surface area contributed by atoms with Crippen LogP contribution in [0.4, 0.5) is 20.2 Å². The van der Waals surface area contributed by atoms with Gasteiger partial charge in [-0.2, -0.15) is 0 Å². The first kappa shape index (κ1) is 34.7. The van der Waals surface area contributed by atoms with Crippen molar-refractivity contribution in [3.63, 3.8) is 0 Å². The molecule has 0 amide bonds. The maximum atomic E-state index is 13.8. The van der Waals surface area contributed by atoms with Gasteiger partial charge in [-0.05, 0) is 65.8 Å². The van der Waals surface area contributed by atoms with Crippen LogP contribution in [0.3, 0.4) is 0 Å². The summed E-state index contributed by atoms with van der Waals surface area (Å²) in [5.41, 5.74) is 7.33. The summed E-state index contributed by atoms with van der Waals surface area (Å²) in [6, 6.07) is 6.65. The molecule has 1 aromatic heterocycles. The SMILES string of the molecule is C.CC(C)Nc1cc(Br)cc(F)c1N.CC(C)n1c([C@@H](C)O)nc2c(F)cc(Br)cc21.C[C@@H](O)C(=O)O.